The minimum Gasteiger partial charge on any atom is -0.350 e. The molecule has 0 spiro atoms. The van der Waals surface area contributed by atoms with E-state index < -0.39 is 0 Å². The molecule has 124 valence electrons. The zero-order valence-corrected chi connectivity index (χ0v) is 14.8. The van der Waals surface area contributed by atoms with Crippen LogP contribution in [0.1, 0.15) is 16.1 Å². The molecule has 0 fully saturated rings. The van der Waals surface area contributed by atoms with Gasteiger partial charge >= 0.3 is 0 Å². The van der Waals surface area contributed by atoms with E-state index in [9.17, 15) is 9.59 Å². The number of thiophene rings is 1. The number of amides is 1. The fourth-order valence-corrected chi connectivity index (χ4v) is 3.93. The molecule has 24 heavy (non-hydrogen) atoms. The lowest BCUT2D eigenvalue weighted by molar-refractivity contribution is 0.0951. The van der Waals surface area contributed by atoms with E-state index in [2.05, 4.69) is 27.2 Å². The van der Waals surface area contributed by atoms with Crippen molar-refractivity contribution < 1.29 is 4.79 Å². The summed E-state index contributed by atoms with van der Waals surface area (Å²) in [6, 6.07) is 9.16. The Bertz CT molecular complexity index is 904. The van der Waals surface area contributed by atoms with E-state index in [-0.39, 0.29) is 17.2 Å². The predicted molar refractivity (Wildman–Crippen MR) is 99.8 cm³/mol. The molecule has 0 unspecified atom stereocenters. The molecule has 1 amide bonds. The Morgan fingerprint density at radius 3 is 2.83 bits per heavy atom. The average Bonchev–Trinajstić information content (AvgIpc) is 3.11. The molecule has 0 aliphatic carbocycles. The van der Waals surface area contributed by atoms with Crippen molar-refractivity contribution in [1.82, 2.24) is 15.1 Å². The van der Waals surface area contributed by atoms with Crippen LogP contribution in [0, 0.1) is 0 Å². The first-order valence-corrected chi connectivity index (χ1v) is 9.59. The molecule has 2 heterocycles. The largest absolute Gasteiger partial charge is 0.350 e. The van der Waals surface area contributed by atoms with Gasteiger partial charge in [-0.05, 0) is 28.5 Å². The normalized spacial score (nSPS) is 10.9. The summed E-state index contributed by atoms with van der Waals surface area (Å²) in [6.07, 6.45) is 0. The van der Waals surface area contributed by atoms with Gasteiger partial charge in [-0.3, -0.25) is 9.59 Å². The quantitative estimate of drug-likeness (QED) is 0.687. The second-order valence-corrected chi connectivity index (χ2v) is 7.15. The molecule has 0 saturated carbocycles. The van der Waals surface area contributed by atoms with Crippen LogP contribution in [-0.4, -0.2) is 28.0 Å². The molecule has 0 saturated heterocycles. The number of rotatable bonds is 6. The van der Waals surface area contributed by atoms with Crippen LogP contribution < -0.4 is 10.9 Å². The van der Waals surface area contributed by atoms with E-state index >= 15 is 0 Å². The molecule has 0 atom stereocenters. The van der Waals surface area contributed by atoms with Crippen molar-refractivity contribution in [2.24, 2.45) is 7.05 Å². The van der Waals surface area contributed by atoms with Gasteiger partial charge in [0.15, 0.2) is 5.69 Å². The summed E-state index contributed by atoms with van der Waals surface area (Å²) >= 11 is 3.46. The van der Waals surface area contributed by atoms with Crippen molar-refractivity contribution in [2.45, 2.75) is 5.75 Å². The van der Waals surface area contributed by atoms with Gasteiger partial charge in [0.25, 0.3) is 11.5 Å². The highest BCUT2D eigenvalue weighted by Crippen LogP contribution is 2.15. The summed E-state index contributed by atoms with van der Waals surface area (Å²) in [6.45, 7) is 0.562. The molecular weight excluding hydrogens is 342 g/mol. The number of carbonyl (C=O) groups is 1. The van der Waals surface area contributed by atoms with Crippen LogP contribution in [0.2, 0.25) is 0 Å². The van der Waals surface area contributed by atoms with Gasteiger partial charge in [-0.25, -0.2) is 4.68 Å². The summed E-state index contributed by atoms with van der Waals surface area (Å²) in [5.74, 6) is 1.52. The maximum Gasteiger partial charge on any atom is 0.274 e. The molecule has 3 aromatic rings. The third kappa shape index (κ3) is 3.68. The Morgan fingerprint density at radius 2 is 2.08 bits per heavy atom. The van der Waals surface area contributed by atoms with Crippen molar-refractivity contribution in [3.8, 4) is 0 Å². The number of carbonyl (C=O) groups excluding carboxylic acids is 1. The molecule has 1 N–H and O–H groups in total. The highest BCUT2D eigenvalue weighted by atomic mass is 32.2. The summed E-state index contributed by atoms with van der Waals surface area (Å²) in [4.78, 5) is 24.5. The Kier molecular flexibility index (Phi) is 5.32. The molecule has 0 aliphatic heterocycles. The number of thioether (sulfide) groups is 1. The van der Waals surface area contributed by atoms with Gasteiger partial charge in [-0.2, -0.15) is 28.2 Å². The lowest BCUT2D eigenvalue weighted by atomic mass is 10.1. The highest BCUT2D eigenvalue weighted by Gasteiger charge is 2.14. The van der Waals surface area contributed by atoms with Crippen LogP contribution in [0.25, 0.3) is 10.8 Å². The smallest absolute Gasteiger partial charge is 0.274 e. The van der Waals surface area contributed by atoms with Gasteiger partial charge in [0.05, 0.1) is 5.39 Å². The summed E-state index contributed by atoms with van der Waals surface area (Å²) in [5, 5.41) is 12.3. The first kappa shape index (κ1) is 16.7. The van der Waals surface area contributed by atoms with Crippen LogP contribution >= 0.6 is 23.1 Å². The molecular formula is C17H17N3O2S2. The number of nitrogens with one attached hydrogen (secondary N) is 1. The first-order chi connectivity index (χ1) is 11.7. The lowest BCUT2D eigenvalue weighted by Gasteiger charge is -2.08. The van der Waals surface area contributed by atoms with E-state index in [0.29, 0.717) is 17.3 Å². The number of aromatic nitrogens is 2. The molecule has 2 aromatic heterocycles. The second-order valence-electron chi connectivity index (χ2n) is 5.26. The number of hydrogen-bond acceptors (Lipinski definition) is 5. The van der Waals surface area contributed by atoms with Crippen molar-refractivity contribution in [1.29, 1.82) is 0 Å². The van der Waals surface area contributed by atoms with E-state index in [1.54, 1.807) is 54.4 Å². The Morgan fingerprint density at radius 1 is 1.29 bits per heavy atom. The number of benzene rings is 1. The minimum absolute atomic E-state index is 0.200. The second kappa shape index (κ2) is 7.63. The monoisotopic (exact) mass is 359 g/mol. The summed E-state index contributed by atoms with van der Waals surface area (Å²) < 4.78 is 1.21. The van der Waals surface area contributed by atoms with Crippen LogP contribution in [0.4, 0.5) is 0 Å². The molecule has 1 aromatic carbocycles. The summed E-state index contributed by atoms with van der Waals surface area (Å²) in [7, 11) is 1.56. The average molecular weight is 359 g/mol. The Balaban J connectivity index is 1.64. The summed E-state index contributed by atoms with van der Waals surface area (Å²) in [5.41, 5.74) is 1.39. The van der Waals surface area contributed by atoms with Crippen molar-refractivity contribution in [3.05, 3.63) is 62.7 Å². The molecule has 7 heteroatoms. The standard InChI is InChI=1S/C17H17N3O2S2/c1-20-17(22)14-5-3-2-4-13(14)15(19-20)16(21)18-7-9-24-11-12-6-8-23-10-12/h2-6,8,10H,7,9,11H2,1H3,(H,18,21). The third-order valence-corrected chi connectivity index (χ3v) is 5.31. The maximum atomic E-state index is 12.4. The highest BCUT2D eigenvalue weighted by molar-refractivity contribution is 7.98. The molecule has 0 aliphatic rings. The van der Waals surface area contributed by atoms with Crippen LogP contribution in [0.3, 0.4) is 0 Å². The molecule has 0 bridgehead atoms. The van der Waals surface area contributed by atoms with E-state index in [1.165, 1.54) is 10.2 Å². The Labute approximate surface area is 147 Å². The zero-order valence-electron chi connectivity index (χ0n) is 13.2. The molecule has 0 radical (unpaired) electrons. The van der Waals surface area contributed by atoms with Gasteiger partial charge in [0, 0.05) is 30.5 Å². The van der Waals surface area contributed by atoms with Crippen LogP contribution in [-0.2, 0) is 12.8 Å². The topological polar surface area (TPSA) is 64.0 Å². The Hall–Kier alpha value is -2.12. The minimum atomic E-state index is -0.252. The lowest BCUT2D eigenvalue weighted by Crippen LogP contribution is -2.30. The van der Waals surface area contributed by atoms with Gasteiger partial charge in [-0.15, -0.1) is 0 Å². The fourth-order valence-electron chi connectivity index (χ4n) is 2.35. The number of hydrogen-bond donors (Lipinski definition) is 1. The zero-order chi connectivity index (χ0) is 16.9. The molecule has 3 rings (SSSR count). The van der Waals surface area contributed by atoms with Crippen LogP contribution in [0.15, 0.2) is 45.9 Å². The fraction of sp³-hybridized carbons (Fsp3) is 0.235. The maximum absolute atomic E-state index is 12.4. The van der Waals surface area contributed by atoms with Crippen molar-refractivity contribution >= 4 is 39.8 Å². The van der Waals surface area contributed by atoms with E-state index in [4.69, 9.17) is 0 Å². The van der Waals surface area contributed by atoms with E-state index in [0.717, 1.165) is 11.5 Å². The third-order valence-electron chi connectivity index (χ3n) is 3.55. The van der Waals surface area contributed by atoms with Gasteiger partial charge < -0.3 is 5.32 Å². The predicted octanol–water partition coefficient (Wildman–Crippen LogP) is 2.66. The number of aryl methyl sites for hydroxylation is 1. The van der Waals surface area contributed by atoms with Gasteiger partial charge in [0.2, 0.25) is 0 Å². The van der Waals surface area contributed by atoms with Gasteiger partial charge in [-0.1, -0.05) is 18.2 Å². The van der Waals surface area contributed by atoms with Gasteiger partial charge in [0.1, 0.15) is 0 Å². The van der Waals surface area contributed by atoms with E-state index in [1.807, 2.05) is 0 Å². The SMILES string of the molecule is Cn1nc(C(=O)NCCSCc2ccsc2)c2ccccc2c1=O. The number of fused-ring (bicyclic) bond motifs is 1. The molecule has 5 nitrogen and oxygen atoms in total. The number of nitrogens with zero attached hydrogens (tertiary/aromatic N) is 2. The van der Waals surface area contributed by atoms with Crippen molar-refractivity contribution in [2.75, 3.05) is 12.3 Å². The first-order valence-electron chi connectivity index (χ1n) is 7.50. The van der Waals surface area contributed by atoms with Crippen LogP contribution in [0.5, 0.6) is 0 Å². The van der Waals surface area contributed by atoms with Crippen molar-refractivity contribution in [3.63, 3.8) is 0 Å².